The lowest BCUT2D eigenvalue weighted by Gasteiger charge is -2.13. The molecule has 1 aliphatic rings. The first-order chi connectivity index (χ1) is 11.3. The van der Waals surface area contributed by atoms with Gasteiger partial charge in [-0.1, -0.05) is 16.8 Å². The summed E-state index contributed by atoms with van der Waals surface area (Å²) in [6, 6.07) is 4.54. The summed E-state index contributed by atoms with van der Waals surface area (Å²) in [6.45, 7) is 3.98. The van der Waals surface area contributed by atoms with Crippen LogP contribution in [0.3, 0.4) is 0 Å². The van der Waals surface area contributed by atoms with E-state index in [4.69, 9.17) is 26.9 Å². The molecule has 0 saturated heterocycles. The van der Waals surface area contributed by atoms with Crippen molar-refractivity contribution in [1.82, 2.24) is 5.32 Å². The van der Waals surface area contributed by atoms with E-state index in [1.165, 1.54) is 0 Å². The lowest BCUT2D eigenvalue weighted by atomic mass is 10.2. The Morgan fingerprint density at radius 2 is 2.25 bits per heavy atom. The molecule has 0 bridgehead atoms. The number of amides is 3. The summed E-state index contributed by atoms with van der Waals surface area (Å²) in [4.78, 5) is 27.8. The molecule has 130 valence electrons. The zero-order chi connectivity index (χ0) is 17.7. The molecule has 8 nitrogen and oxygen atoms in total. The van der Waals surface area contributed by atoms with Crippen LogP contribution in [0, 0.1) is 0 Å². The van der Waals surface area contributed by atoms with Crippen LogP contribution in [0.5, 0.6) is 5.75 Å². The van der Waals surface area contributed by atoms with E-state index in [0.29, 0.717) is 16.5 Å². The number of benzene rings is 1. The molecule has 0 saturated carbocycles. The summed E-state index contributed by atoms with van der Waals surface area (Å²) in [5, 5.41) is 9.24. The molecule has 1 aliphatic heterocycles. The third-order valence-corrected chi connectivity index (χ3v) is 3.36. The minimum atomic E-state index is -0.625. The van der Waals surface area contributed by atoms with Gasteiger partial charge in [0, 0.05) is 12.1 Å². The highest BCUT2D eigenvalue weighted by molar-refractivity contribution is 6.38. The quantitative estimate of drug-likeness (QED) is 0.723. The van der Waals surface area contributed by atoms with E-state index < -0.39 is 18.0 Å². The number of nitrogens with two attached hydrogens (primary N) is 1. The number of nitrogens with one attached hydrogen (secondary N) is 2. The van der Waals surface area contributed by atoms with Crippen molar-refractivity contribution in [3.05, 3.63) is 23.2 Å². The second kappa shape index (κ2) is 7.87. The zero-order valence-electron chi connectivity index (χ0n) is 13.3. The van der Waals surface area contributed by atoms with Gasteiger partial charge in [-0.25, -0.2) is 4.79 Å². The molecule has 24 heavy (non-hydrogen) atoms. The van der Waals surface area contributed by atoms with Crippen molar-refractivity contribution in [3.63, 3.8) is 0 Å². The highest BCUT2D eigenvalue weighted by Gasteiger charge is 2.24. The van der Waals surface area contributed by atoms with Crippen LogP contribution < -0.4 is 21.1 Å². The van der Waals surface area contributed by atoms with E-state index in [0.717, 1.165) is 0 Å². The Balaban J connectivity index is 1.81. The molecule has 2 rings (SSSR count). The van der Waals surface area contributed by atoms with E-state index >= 15 is 0 Å². The van der Waals surface area contributed by atoms with E-state index in [9.17, 15) is 9.59 Å². The Hall–Kier alpha value is -2.48. The average molecular weight is 355 g/mol. The number of hydrogen-bond acceptors (Lipinski definition) is 5. The fraction of sp³-hybridized carbons (Fsp3) is 0.400. The number of oxime groups is 1. The predicted octanol–water partition coefficient (Wildman–Crippen LogP) is 1.88. The van der Waals surface area contributed by atoms with Gasteiger partial charge in [-0.15, -0.1) is 0 Å². The molecular formula is C15H19ClN4O4. The molecular weight excluding hydrogens is 336 g/mol. The monoisotopic (exact) mass is 354 g/mol. The van der Waals surface area contributed by atoms with E-state index in [-0.39, 0.29) is 24.8 Å². The lowest BCUT2D eigenvalue weighted by Crippen LogP contribution is -2.36. The molecule has 0 fully saturated rings. The van der Waals surface area contributed by atoms with Crippen molar-refractivity contribution in [2.45, 2.75) is 32.5 Å². The number of anilines is 1. The number of urea groups is 1. The fourth-order valence-corrected chi connectivity index (χ4v) is 2.22. The molecule has 3 amide bonds. The van der Waals surface area contributed by atoms with Crippen LogP contribution in [0.4, 0.5) is 10.5 Å². The van der Waals surface area contributed by atoms with Gasteiger partial charge in [0.05, 0.1) is 17.7 Å². The van der Waals surface area contributed by atoms with Gasteiger partial charge in [0.15, 0.2) is 6.10 Å². The van der Waals surface area contributed by atoms with Gasteiger partial charge in [0.2, 0.25) is 0 Å². The lowest BCUT2D eigenvalue weighted by molar-refractivity contribution is -0.112. The molecule has 9 heteroatoms. The van der Waals surface area contributed by atoms with Crippen molar-refractivity contribution >= 4 is 34.9 Å². The Morgan fingerprint density at radius 3 is 2.83 bits per heavy atom. The van der Waals surface area contributed by atoms with Crippen LogP contribution in [0.1, 0.15) is 20.3 Å². The second-order valence-corrected chi connectivity index (χ2v) is 5.89. The molecule has 0 spiro atoms. The maximum absolute atomic E-state index is 11.9. The predicted molar refractivity (Wildman–Crippen MR) is 90.4 cm³/mol. The Bertz CT molecular complexity index is 663. The smallest absolute Gasteiger partial charge is 0.319 e. The van der Waals surface area contributed by atoms with Crippen LogP contribution >= 0.6 is 11.6 Å². The van der Waals surface area contributed by atoms with Gasteiger partial charge >= 0.3 is 6.03 Å². The number of rotatable bonds is 6. The van der Waals surface area contributed by atoms with Crippen LogP contribution in [0.15, 0.2) is 23.4 Å². The normalized spacial score (nSPS) is 16.3. The van der Waals surface area contributed by atoms with E-state index in [2.05, 4.69) is 15.8 Å². The number of halogens is 1. The molecule has 0 aromatic heterocycles. The first-order valence-electron chi connectivity index (χ1n) is 7.38. The topological polar surface area (TPSA) is 115 Å². The molecule has 0 aliphatic carbocycles. The molecule has 1 heterocycles. The highest BCUT2D eigenvalue weighted by atomic mass is 35.5. The van der Waals surface area contributed by atoms with Gasteiger partial charge in [-0.2, -0.15) is 0 Å². The number of hydrogen-bond donors (Lipinski definition) is 3. The van der Waals surface area contributed by atoms with Gasteiger partial charge in [0.1, 0.15) is 11.5 Å². The highest BCUT2D eigenvalue weighted by Crippen LogP contribution is 2.28. The van der Waals surface area contributed by atoms with Crippen molar-refractivity contribution < 1.29 is 19.2 Å². The second-order valence-electron chi connectivity index (χ2n) is 5.48. The zero-order valence-corrected chi connectivity index (χ0v) is 14.1. The first kappa shape index (κ1) is 17.9. The van der Waals surface area contributed by atoms with Crippen molar-refractivity contribution in [2.24, 2.45) is 10.9 Å². The maximum Gasteiger partial charge on any atom is 0.319 e. The van der Waals surface area contributed by atoms with Crippen LogP contribution in [-0.2, 0) is 9.63 Å². The van der Waals surface area contributed by atoms with Gasteiger partial charge in [0.25, 0.3) is 5.91 Å². The van der Waals surface area contributed by atoms with E-state index in [1.807, 2.05) is 13.8 Å². The summed E-state index contributed by atoms with van der Waals surface area (Å²) >= 11 is 6.11. The number of carbonyl (C=O) groups is 2. The molecule has 0 radical (unpaired) electrons. The maximum atomic E-state index is 11.9. The van der Waals surface area contributed by atoms with Gasteiger partial charge < -0.3 is 25.9 Å². The number of primary amides is 1. The third-order valence-electron chi connectivity index (χ3n) is 3.06. The van der Waals surface area contributed by atoms with Crippen molar-refractivity contribution in [1.29, 1.82) is 0 Å². The van der Waals surface area contributed by atoms with Crippen molar-refractivity contribution in [3.8, 4) is 5.75 Å². The fourth-order valence-electron chi connectivity index (χ4n) is 1.99. The third kappa shape index (κ3) is 5.02. The number of carbonyl (C=O) groups excluding carboxylic acids is 2. The molecule has 1 aromatic rings. The summed E-state index contributed by atoms with van der Waals surface area (Å²) in [6.07, 6.45) is -0.143. The molecule has 1 atom stereocenters. The van der Waals surface area contributed by atoms with Crippen molar-refractivity contribution in [2.75, 3.05) is 11.9 Å². The molecule has 1 aromatic carbocycles. The SMILES string of the molecule is CC(C)Oc1ccc(NC(=O)NCC2CC(C(N)=O)=NO2)cc1Cl. The van der Waals surface area contributed by atoms with E-state index in [1.54, 1.807) is 18.2 Å². The minimum Gasteiger partial charge on any atom is -0.489 e. The van der Waals surface area contributed by atoms with Crippen LogP contribution in [-0.4, -0.2) is 36.4 Å². The summed E-state index contributed by atoms with van der Waals surface area (Å²) in [5.41, 5.74) is 5.79. The Kier molecular flexibility index (Phi) is 5.86. The largest absolute Gasteiger partial charge is 0.489 e. The number of nitrogens with zero attached hydrogens (tertiary/aromatic N) is 1. The summed E-state index contributed by atoms with van der Waals surface area (Å²) < 4.78 is 5.52. The van der Waals surface area contributed by atoms with Gasteiger partial charge in [-0.3, -0.25) is 4.79 Å². The average Bonchev–Trinajstić information content (AvgIpc) is 2.97. The summed E-state index contributed by atoms with van der Waals surface area (Å²) in [7, 11) is 0. The summed E-state index contributed by atoms with van der Waals surface area (Å²) in [5.74, 6) is -0.0755. The molecule has 1 unspecified atom stereocenters. The van der Waals surface area contributed by atoms with Crippen LogP contribution in [0.2, 0.25) is 5.02 Å². The van der Waals surface area contributed by atoms with Crippen LogP contribution in [0.25, 0.3) is 0 Å². The minimum absolute atomic E-state index is 0.00327. The Labute approximate surface area is 144 Å². The first-order valence-corrected chi connectivity index (χ1v) is 7.76. The Morgan fingerprint density at radius 1 is 1.50 bits per heavy atom. The number of ether oxygens (including phenoxy) is 1. The van der Waals surface area contributed by atoms with Gasteiger partial charge in [-0.05, 0) is 32.0 Å². The standard InChI is InChI=1S/C15H19ClN4O4/c1-8(2)23-13-4-3-9(5-11(13)16)19-15(22)18-7-10-6-12(14(17)21)20-24-10/h3-5,8,10H,6-7H2,1-2H3,(H2,17,21)(H2,18,19,22). The molecule has 4 N–H and O–H groups in total.